The van der Waals surface area contributed by atoms with Crippen LogP contribution < -0.4 is 10.5 Å². The fourth-order valence-electron chi connectivity index (χ4n) is 1.36. The van der Waals surface area contributed by atoms with Gasteiger partial charge in [-0.3, -0.25) is 0 Å². The van der Waals surface area contributed by atoms with E-state index >= 15 is 0 Å². The molecule has 0 spiro atoms. The smallest absolute Gasteiger partial charge is 0.344 e. The lowest BCUT2D eigenvalue weighted by molar-refractivity contribution is -0.146. The molecule has 0 radical (unpaired) electrons. The van der Waals surface area contributed by atoms with Crippen LogP contribution in [0.4, 0.5) is 5.69 Å². The second kappa shape index (κ2) is 7.55. The summed E-state index contributed by atoms with van der Waals surface area (Å²) < 4.78 is 10.3. The molecule has 18 heavy (non-hydrogen) atoms. The molecular formula is C13H20N2O3. The number of anilines is 1. The lowest BCUT2D eigenvalue weighted by Crippen LogP contribution is -2.19. The minimum absolute atomic E-state index is 0.0918. The van der Waals surface area contributed by atoms with Gasteiger partial charge in [-0.05, 0) is 32.6 Å². The maximum atomic E-state index is 11.4. The highest BCUT2D eigenvalue weighted by Gasteiger charge is 2.04. The van der Waals surface area contributed by atoms with Crippen LogP contribution in [0.3, 0.4) is 0 Å². The Bertz CT molecular complexity index is 380. The van der Waals surface area contributed by atoms with E-state index in [1.54, 1.807) is 24.3 Å². The number of esters is 1. The number of ether oxygens (including phenoxy) is 2. The van der Waals surface area contributed by atoms with Gasteiger partial charge < -0.3 is 20.1 Å². The summed E-state index contributed by atoms with van der Waals surface area (Å²) in [6.07, 6.45) is 0.816. The summed E-state index contributed by atoms with van der Waals surface area (Å²) in [5, 5.41) is 0. The Hall–Kier alpha value is -1.75. The van der Waals surface area contributed by atoms with Gasteiger partial charge >= 0.3 is 5.97 Å². The molecular weight excluding hydrogens is 232 g/mol. The standard InChI is InChI=1S/C13H20N2O3/c1-15(2)7-4-8-17-13(16)10-18-12-6-3-5-11(14)9-12/h3,5-6,9H,4,7-8,10,14H2,1-2H3. The molecule has 100 valence electrons. The number of hydrogen-bond acceptors (Lipinski definition) is 5. The third-order valence-electron chi connectivity index (χ3n) is 2.23. The molecule has 0 fully saturated rings. The van der Waals surface area contributed by atoms with Crippen molar-refractivity contribution in [3.8, 4) is 5.75 Å². The number of nitrogens with two attached hydrogens (primary N) is 1. The molecule has 0 heterocycles. The van der Waals surface area contributed by atoms with Crippen molar-refractivity contribution in [1.29, 1.82) is 0 Å². The minimum atomic E-state index is -0.365. The van der Waals surface area contributed by atoms with Gasteiger partial charge in [0.1, 0.15) is 5.75 Å². The predicted molar refractivity (Wildman–Crippen MR) is 70.5 cm³/mol. The average molecular weight is 252 g/mol. The van der Waals surface area contributed by atoms with E-state index in [1.807, 2.05) is 19.0 Å². The van der Waals surface area contributed by atoms with E-state index in [2.05, 4.69) is 0 Å². The van der Waals surface area contributed by atoms with Crippen LogP contribution in [0.5, 0.6) is 5.75 Å². The highest BCUT2D eigenvalue weighted by molar-refractivity contribution is 5.71. The fraction of sp³-hybridized carbons (Fsp3) is 0.462. The van der Waals surface area contributed by atoms with Crippen LogP contribution >= 0.6 is 0 Å². The SMILES string of the molecule is CN(C)CCCOC(=O)COc1cccc(N)c1. The van der Waals surface area contributed by atoms with Crippen LogP contribution in [0.15, 0.2) is 24.3 Å². The average Bonchev–Trinajstić information content (AvgIpc) is 2.32. The van der Waals surface area contributed by atoms with Crippen LogP contribution in [0.25, 0.3) is 0 Å². The Morgan fingerprint density at radius 1 is 1.39 bits per heavy atom. The zero-order valence-corrected chi connectivity index (χ0v) is 10.9. The molecule has 0 unspecified atom stereocenters. The molecule has 0 amide bonds. The summed E-state index contributed by atoms with van der Waals surface area (Å²) in [4.78, 5) is 13.4. The number of benzene rings is 1. The Labute approximate surface area is 107 Å². The summed E-state index contributed by atoms with van der Waals surface area (Å²) >= 11 is 0. The van der Waals surface area contributed by atoms with Gasteiger partial charge in [0.2, 0.25) is 0 Å². The molecule has 5 heteroatoms. The van der Waals surface area contributed by atoms with Crippen molar-refractivity contribution >= 4 is 11.7 Å². The largest absolute Gasteiger partial charge is 0.482 e. The van der Waals surface area contributed by atoms with Crippen molar-refractivity contribution in [2.45, 2.75) is 6.42 Å². The zero-order valence-electron chi connectivity index (χ0n) is 10.9. The first-order valence-corrected chi connectivity index (χ1v) is 5.86. The molecule has 0 saturated carbocycles. The molecule has 5 nitrogen and oxygen atoms in total. The van der Waals surface area contributed by atoms with Crippen LogP contribution in [-0.4, -0.2) is 44.7 Å². The highest BCUT2D eigenvalue weighted by atomic mass is 16.6. The zero-order chi connectivity index (χ0) is 13.4. The lowest BCUT2D eigenvalue weighted by Gasteiger charge is -2.10. The Morgan fingerprint density at radius 3 is 2.83 bits per heavy atom. The second-order valence-corrected chi connectivity index (χ2v) is 4.24. The number of carbonyl (C=O) groups excluding carboxylic acids is 1. The molecule has 1 aromatic rings. The van der Waals surface area contributed by atoms with Crippen LogP contribution in [0, 0.1) is 0 Å². The fourth-order valence-corrected chi connectivity index (χ4v) is 1.36. The number of carbonyl (C=O) groups is 1. The van der Waals surface area contributed by atoms with Crippen molar-refractivity contribution in [3.05, 3.63) is 24.3 Å². The summed E-state index contributed by atoms with van der Waals surface area (Å²) in [7, 11) is 3.95. The van der Waals surface area contributed by atoms with Gasteiger partial charge in [-0.25, -0.2) is 4.79 Å². The minimum Gasteiger partial charge on any atom is -0.482 e. The molecule has 0 aliphatic carbocycles. The predicted octanol–water partition coefficient (Wildman–Crippen LogP) is 1.14. The quantitative estimate of drug-likeness (QED) is 0.448. The molecule has 0 saturated heterocycles. The van der Waals surface area contributed by atoms with E-state index in [0.29, 0.717) is 18.0 Å². The van der Waals surface area contributed by atoms with E-state index in [-0.39, 0.29) is 12.6 Å². The van der Waals surface area contributed by atoms with Gasteiger partial charge in [-0.2, -0.15) is 0 Å². The molecule has 1 rings (SSSR count). The first-order chi connectivity index (χ1) is 8.58. The molecule has 0 aliphatic rings. The summed E-state index contributed by atoms with van der Waals surface area (Å²) in [6, 6.07) is 6.94. The molecule has 1 aromatic carbocycles. The van der Waals surface area contributed by atoms with Crippen molar-refractivity contribution in [2.75, 3.05) is 39.6 Å². The first kappa shape index (κ1) is 14.3. The number of nitrogens with zero attached hydrogens (tertiary/aromatic N) is 1. The highest BCUT2D eigenvalue weighted by Crippen LogP contribution is 2.14. The van der Waals surface area contributed by atoms with Crippen LogP contribution in [-0.2, 0) is 9.53 Å². The summed E-state index contributed by atoms with van der Waals surface area (Å²) in [5.74, 6) is 0.205. The van der Waals surface area contributed by atoms with Crippen LogP contribution in [0.1, 0.15) is 6.42 Å². The van der Waals surface area contributed by atoms with E-state index in [1.165, 1.54) is 0 Å². The number of nitrogen functional groups attached to an aromatic ring is 1. The van der Waals surface area contributed by atoms with Gasteiger partial charge in [-0.1, -0.05) is 6.07 Å². The molecule has 0 aliphatic heterocycles. The maximum Gasteiger partial charge on any atom is 0.344 e. The Kier molecular flexibility index (Phi) is 6.00. The van der Waals surface area contributed by atoms with Gasteiger partial charge in [0.15, 0.2) is 6.61 Å². The topological polar surface area (TPSA) is 64.8 Å². The maximum absolute atomic E-state index is 11.4. The normalized spacial score (nSPS) is 10.4. The van der Waals surface area contributed by atoms with Gasteiger partial charge in [0, 0.05) is 18.3 Å². The van der Waals surface area contributed by atoms with Crippen molar-refractivity contribution < 1.29 is 14.3 Å². The number of rotatable bonds is 7. The van der Waals surface area contributed by atoms with Gasteiger partial charge in [0.05, 0.1) is 6.61 Å². The third kappa shape index (κ3) is 6.10. The van der Waals surface area contributed by atoms with E-state index < -0.39 is 0 Å². The molecule has 0 atom stereocenters. The molecule has 0 aromatic heterocycles. The van der Waals surface area contributed by atoms with E-state index in [0.717, 1.165) is 13.0 Å². The van der Waals surface area contributed by atoms with Crippen LogP contribution in [0.2, 0.25) is 0 Å². The monoisotopic (exact) mass is 252 g/mol. The third-order valence-corrected chi connectivity index (χ3v) is 2.23. The second-order valence-electron chi connectivity index (χ2n) is 4.24. The molecule has 0 bridgehead atoms. The van der Waals surface area contributed by atoms with Crippen molar-refractivity contribution in [3.63, 3.8) is 0 Å². The molecule has 2 N–H and O–H groups in total. The van der Waals surface area contributed by atoms with Crippen molar-refractivity contribution in [2.24, 2.45) is 0 Å². The van der Waals surface area contributed by atoms with Gasteiger partial charge in [0.25, 0.3) is 0 Å². The van der Waals surface area contributed by atoms with Crippen molar-refractivity contribution in [1.82, 2.24) is 4.90 Å². The summed E-state index contributed by atoms with van der Waals surface area (Å²) in [5.41, 5.74) is 6.19. The Balaban J connectivity index is 2.17. The number of hydrogen-bond donors (Lipinski definition) is 1. The van der Waals surface area contributed by atoms with E-state index in [9.17, 15) is 4.79 Å². The summed E-state index contributed by atoms with van der Waals surface area (Å²) in [6.45, 7) is 1.21. The first-order valence-electron chi connectivity index (χ1n) is 5.86. The lowest BCUT2D eigenvalue weighted by atomic mass is 10.3. The van der Waals surface area contributed by atoms with E-state index in [4.69, 9.17) is 15.2 Å². The Morgan fingerprint density at radius 2 is 2.17 bits per heavy atom. The van der Waals surface area contributed by atoms with Gasteiger partial charge in [-0.15, -0.1) is 0 Å².